The average Bonchev–Trinajstić information content (AvgIpc) is 2.73. The Morgan fingerprint density at radius 1 is 1.00 bits per heavy atom. The second-order valence-corrected chi connectivity index (χ2v) is 7.58. The molecule has 0 spiro atoms. The van der Waals surface area contributed by atoms with Crippen molar-refractivity contribution in [2.75, 3.05) is 37.6 Å². The zero-order chi connectivity index (χ0) is 20.4. The number of hydrogen-bond donors (Lipinski definition) is 2. The maximum absolute atomic E-state index is 12.0. The third-order valence-corrected chi connectivity index (χ3v) is 5.68. The van der Waals surface area contributed by atoms with Gasteiger partial charge in [-0.3, -0.25) is 14.5 Å². The molecule has 4 rings (SSSR count). The Morgan fingerprint density at radius 3 is 2.45 bits per heavy atom. The minimum absolute atomic E-state index is 0.0401. The first-order valence-electron chi connectivity index (χ1n) is 10.0. The Morgan fingerprint density at radius 2 is 1.72 bits per heavy atom. The molecule has 1 fully saturated rings. The molecule has 0 amide bonds. The lowest BCUT2D eigenvalue weighted by Crippen LogP contribution is -2.47. The summed E-state index contributed by atoms with van der Waals surface area (Å²) >= 11 is 0. The molecule has 0 aliphatic carbocycles. The molecule has 0 saturated carbocycles. The van der Waals surface area contributed by atoms with Gasteiger partial charge >= 0.3 is 0 Å². The monoisotopic (exact) mass is 394 g/mol. The summed E-state index contributed by atoms with van der Waals surface area (Å²) in [6, 6.07) is 7.60. The van der Waals surface area contributed by atoms with Gasteiger partial charge in [0, 0.05) is 49.2 Å². The largest absolute Gasteiger partial charge is 0.352 e. The van der Waals surface area contributed by atoms with E-state index in [1.54, 1.807) is 6.92 Å². The molecule has 0 radical (unpaired) electrons. The molecular weight excluding hydrogens is 368 g/mol. The highest BCUT2D eigenvalue weighted by molar-refractivity contribution is 5.91. The molecule has 8 heteroatoms. The number of piperazine rings is 1. The lowest BCUT2D eigenvalue weighted by Gasteiger charge is -2.35. The van der Waals surface area contributed by atoms with Crippen molar-refractivity contribution in [3.05, 3.63) is 62.1 Å². The van der Waals surface area contributed by atoms with E-state index in [0.717, 1.165) is 68.3 Å². The molecule has 1 aliphatic rings. The van der Waals surface area contributed by atoms with Gasteiger partial charge < -0.3 is 9.88 Å². The van der Waals surface area contributed by atoms with E-state index in [-0.39, 0.29) is 11.1 Å². The first-order chi connectivity index (χ1) is 14.0. The van der Waals surface area contributed by atoms with Crippen LogP contribution in [0.5, 0.6) is 0 Å². The molecule has 1 aliphatic heterocycles. The molecule has 8 nitrogen and oxygen atoms in total. The lowest BCUT2D eigenvalue weighted by molar-refractivity contribution is 0.254. The number of hydrogen-bond acceptors (Lipinski definition) is 6. The molecular formula is C21H26N6O2. The normalized spacial score (nSPS) is 15.2. The van der Waals surface area contributed by atoms with Crippen LogP contribution in [0.15, 0.2) is 33.9 Å². The van der Waals surface area contributed by atoms with E-state index in [1.165, 1.54) is 0 Å². The molecule has 3 aromatic rings. The molecule has 2 N–H and O–H groups in total. The number of aromatic amines is 2. The van der Waals surface area contributed by atoms with E-state index in [2.05, 4.69) is 30.0 Å². The minimum Gasteiger partial charge on any atom is -0.352 e. The van der Waals surface area contributed by atoms with Gasteiger partial charge in [-0.15, -0.1) is 0 Å². The maximum atomic E-state index is 12.0. The fraction of sp³-hybridized carbons (Fsp3) is 0.429. The van der Waals surface area contributed by atoms with E-state index in [1.807, 2.05) is 31.2 Å². The number of nitrogens with zero attached hydrogens (tertiary/aromatic N) is 4. The number of anilines is 1. The molecule has 3 heterocycles. The Kier molecular flexibility index (Phi) is 5.44. The number of aromatic nitrogens is 4. The molecule has 0 unspecified atom stereocenters. The molecule has 2 aromatic heterocycles. The Labute approximate surface area is 168 Å². The van der Waals surface area contributed by atoms with Crippen LogP contribution in [0, 0.1) is 13.8 Å². The second kappa shape index (κ2) is 8.16. The number of rotatable bonds is 5. The van der Waals surface area contributed by atoms with Crippen LogP contribution in [0.1, 0.15) is 23.5 Å². The van der Waals surface area contributed by atoms with Gasteiger partial charge in [-0.05, 0) is 32.9 Å². The summed E-state index contributed by atoms with van der Waals surface area (Å²) in [5, 5.41) is 8.50. The molecule has 1 aromatic carbocycles. The summed E-state index contributed by atoms with van der Waals surface area (Å²) in [5.41, 5.74) is 1.30. The van der Waals surface area contributed by atoms with Crippen LogP contribution in [0.2, 0.25) is 0 Å². The number of aryl methyl sites for hydroxylation is 2. The molecule has 152 valence electrons. The average molecular weight is 394 g/mol. The number of fused-ring (bicyclic) bond motifs is 1. The summed E-state index contributed by atoms with van der Waals surface area (Å²) in [6.45, 7) is 8.23. The van der Waals surface area contributed by atoms with Gasteiger partial charge in [0.05, 0.1) is 5.39 Å². The van der Waals surface area contributed by atoms with Crippen LogP contribution in [-0.4, -0.2) is 57.8 Å². The SMILES string of the molecule is Cc1nc(CCCN2CCN(c3n[nH]c(=O)c4ccccc34)CC2)[nH]c(=O)c1C. The van der Waals surface area contributed by atoms with E-state index in [4.69, 9.17) is 0 Å². The van der Waals surface area contributed by atoms with Gasteiger partial charge in [0.1, 0.15) is 5.82 Å². The first-order valence-corrected chi connectivity index (χ1v) is 10.0. The summed E-state index contributed by atoms with van der Waals surface area (Å²) in [6.07, 6.45) is 1.72. The van der Waals surface area contributed by atoms with E-state index in [9.17, 15) is 9.59 Å². The zero-order valence-corrected chi connectivity index (χ0v) is 16.9. The van der Waals surface area contributed by atoms with Crippen LogP contribution in [-0.2, 0) is 6.42 Å². The molecule has 0 bridgehead atoms. The molecule has 1 saturated heterocycles. The minimum atomic E-state index is -0.152. The highest BCUT2D eigenvalue weighted by Gasteiger charge is 2.20. The quantitative estimate of drug-likeness (QED) is 0.678. The smallest absolute Gasteiger partial charge is 0.272 e. The van der Waals surface area contributed by atoms with Crippen molar-refractivity contribution in [2.45, 2.75) is 26.7 Å². The Hall–Kier alpha value is -3.00. The summed E-state index contributed by atoms with van der Waals surface area (Å²) < 4.78 is 0. The van der Waals surface area contributed by atoms with Crippen LogP contribution < -0.4 is 16.0 Å². The fourth-order valence-electron chi connectivity index (χ4n) is 3.82. The topological polar surface area (TPSA) is 98.0 Å². The molecule has 0 atom stereocenters. The molecule has 29 heavy (non-hydrogen) atoms. The van der Waals surface area contributed by atoms with Gasteiger partial charge in [0.25, 0.3) is 11.1 Å². The Balaban J connectivity index is 1.34. The van der Waals surface area contributed by atoms with Gasteiger partial charge in [-0.1, -0.05) is 18.2 Å². The van der Waals surface area contributed by atoms with Gasteiger partial charge in [-0.25, -0.2) is 10.1 Å². The third-order valence-electron chi connectivity index (χ3n) is 5.68. The summed E-state index contributed by atoms with van der Waals surface area (Å²) in [7, 11) is 0. The van der Waals surface area contributed by atoms with E-state index in [0.29, 0.717) is 10.9 Å². The lowest BCUT2D eigenvalue weighted by atomic mass is 10.1. The number of H-pyrrole nitrogens is 2. The predicted molar refractivity (Wildman–Crippen MR) is 114 cm³/mol. The van der Waals surface area contributed by atoms with Gasteiger partial charge in [0.15, 0.2) is 5.82 Å². The van der Waals surface area contributed by atoms with Crippen molar-refractivity contribution in [3.8, 4) is 0 Å². The summed E-state index contributed by atoms with van der Waals surface area (Å²) in [4.78, 5) is 35.9. The van der Waals surface area contributed by atoms with Gasteiger partial charge in [-0.2, -0.15) is 5.10 Å². The van der Waals surface area contributed by atoms with Crippen molar-refractivity contribution in [1.82, 2.24) is 25.1 Å². The first kappa shape index (κ1) is 19.3. The van der Waals surface area contributed by atoms with Crippen molar-refractivity contribution in [3.63, 3.8) is 0 Å². The van der Waals surface area contributed by atoms with Crippen LogP contribution in [0.3, 0.4) is 0 Å². The fourth-order valence-corrected chi connectivity index (χ4v) is 3.82. The van der Waals surface area contributed by atoms with Crippen LogP contribution in [0.25, 0.3) is 10.8 Å². The van der Waals surface area contributed by atoms with Crippen molar-refractivity contribution >= 4 is 16.6 Å². The van der Waals surface area contributed by atoms with Crippen molar-refractivity contribution in [2.24, 2.45) is 0 Å². The zero-order valence-electron chi connectivity index (χ0n) is 16.9. The maximum Gasteiger partial charge on any atom is 0.272 e. The van der Waals surface area contributed by atoms with E-state index < -0.39 is 0 Å². The number of benzene rings is 1. The van der Waals surface area contributed by atoms with Gasteiger partial charge in [0.2, 0.25) is 0 Å². The summed E-state index contributed by atoms with van der Waals surface area (Å²) in [5.74, 6) is 1.61. The second-order valence-electron chi connectivity index (χ2n) is 7.58. The standard InChI is InChI=1S/C21H26N6O2/c1-14-15(2)22-18(23-20(14)28)8-5-9-26-10-12-27(13-11-26)19-16-6-3-4-7-17(16)21(29)25-24-19/h3-4,6-7H,5,8-13H2,1-2H3,(H,25,29)(H,22,23,28). The van der Waals surface area contributed by atoms with Crippen molar-refractivity contribution in [1.29, 1.82) is 0 Å². The van der Waals surface area contributed by atoms with Crippen LogP contribution in [0.4, 0.5) is 5.82 Å². The van der Waals surface area contributed by atoms with E-state index >= 15 is 0 Å². The van der Waals surface area contributed by atoms with Crippen molar-refractivity contribution < 1.29 is 0 Å². The highest BCUT2D eigenvalue weighted by atomic mass is 16.1. The van der Waals surface area contributed by atoms with Crippen LogP contribution >= 0.6 is 0 Å². The Bertz CT molecular complexity index is 1130. The third kappa shape index (κ3) is 4.07. The predicted octanol–water partition coefficient (Wildman–Crippen LogP) is 1.38. The highest BCUT2D eigenvalue weighted by Crippen LogP contribution is 2.22. The number of nitrogens with one attached hydrogen (secondary N) is 2.